The zero-order chi connectivity index (χ0) is 42.4. The van der Waals surface area contributed by atoms with E-state index in [-0.39, 0.29) is 13.6 Å². The lowest BCUT2D eigenvalue weighted by Crippen LogP contribution is -1.94. The molecule has 8 aromatic rings. The second-order valence-electron chi connectivity index (χ2n) is 14.3. The number of benzene rings is 6. The molecule has 0 spiro atoms. The molecule has 10 rings (SSSR count). The third-order valence-corrected chi connectivity index (χ3v) is 10.6. The fraction of sp³-hybridized carbons (Fsp3) is 0.115. The van der Waals surface area contributed by atoms with Gasteiger partial charge in [-0.05, 0) is 131 Å². The van der Waals surface area contributed by atoms with Gasteiger partial charge in [0.2, 0.25) is 13.6 Å². The molecule has 0 amide bonds. The molecule has 2 aliphatic rings. The van der Waals surface area contributed by atoms with Crippen molar-refractivity contribution in [3.8, 4) is 113 Å². The van der Waals surface area contributed by atoms with E-state index in [9.17, 15) is 0 Å². The van der Waals surface area contributed by atoms with E-state index in [2.05, 4.69) is 24.3 Å². The quantitative estimate of drug-likeness (QED) is 0.133. The Hall–Kier alpha value is -7.98. The van der Waals surface area contributed by atoms with Gasteiger partial charge in [-0.15, -0.1) is 0 Å². The Balaban J connectivity index is 0.000000158. The number of para-hydroxylation sites is 1. The molecule has 0 aliphatic carbocycles. The lowest BCUT2D eigenvalue weighted by atomic mass is 9.99. The van der Waals surface area contributed by atoms with Crippen molar-refractivity contribution < 1.29 is 37.9 Å². The smallest absolute Gasteiger partial charge is 0.231 e. The summed E-state index contributed by atoms with van der Waals surface area (Å²) < 4.78 is 43.7. The fourth-order valence-corrected chi connectivity index (χ4v) is 7.29. The summed E-state index contributed by atoms with van der Waals surface area (Å²) in [6, 6.07) is 52.0. The molecule has 10 nitrogen and oxygen atoms in total. The standard InChI is InChI=1S/2C26H21NO4/c1-28-21-9-6-17(7-10-21)20-13-23(18-4-3-5-22(12-18)29-2)27-24(14-20)19-8-11-25-26(15-19)31-16-30-25;1-28-20-10-7-17(8-11-20)19-13-22(18-9-12-25-26(15-18)31-16-30-25)27-23(14-19)21-5-3-4-6-24(21)29-2/h2*3-15H,16H2,1-2H3. The summed E-state index contributed by atoms with van der Waals surface area (Å²) in [5, 5.41) is 0. The van der Waals surface area contributed by atoms with Gasteiger partial charge in [-0.3, -0.25) is 0 Å². The van der Waals surface area contributed by atoms with Gasteiger partial charge in [0.15, 0.2) is 23.0 Å². The topological polar surface area (TPSA) is 99.6 Å². The van der Waals surface area contributed by atoms with Gasteiger partial charge in [0, 0.05) is 22.3 Å². The van der Waals surface area contributed by atoms with Crippen LogP contribution in [0.2, 0.25) is 0 Å². The normalized spacial score (nSPS) is 11.9. The Kier molecular flexibility index (Phi) is 11.3. The van der Waals surface area contributed by atoms with Crippen LogP contribution < -0.4 is 37.9 Å². The lowest BCUT2D eigenvalue weighted by Gasteiger charge is -2.13. The zero-order valence-corrected chi connectivity index (χ0v) is 34.6. The molecule has 0 fully saturated rings. The van der Waals surface area contributed by atoms with Gasteiger partial charge >= 0.3 is 0 Å². The maximum absolute atomic E-state index is 5.59. The monoisotopic (exact) mass is 822 g/mol. The Morgan fingerprint density at radius 3 is 1.31 bits per heavy atom. The predicted molar refractivity (Wildman–Crippen MR) is 240 cm³/mol. The highest BCUT2D eigenvalue weighted by molar-refractivity contribution is 5.80. The van der Waals surface area contributed by atoms with Gasteiger partial charge in [-0.25, -0.2) is 9.97 Å². The Labute approximate surface area is 359 Å². The van der Waals surface area contributed by atoms with Gasteiger partial charge < -0.3 is 37.9 Å². The predicted octanol–water partition coefficient (Wildman–Crippen LogP) is 11.7. The first-order chi connectivity index (χ1) is 30.5. The van der Waals surface area contributed by atoms with Crippen LogP contribution in [0.5, 0.6) is 46.0 Å². The molecule has 6 aromatic carbocycles. The van der Waals surface area contributed by atoms with E-state index in [1.165, 1.54) is 0 Å². The van der Waals surface area contributed by atoms with Crippen LogP contribution in [0.15, 0.2) is 158 Å². The minimum atomic E-state index is 0.241. The zero-order valence-electron chi connectivity index (χ0n) is 34.6. The molecule has 62 heavy (non-hydrogen) atoms. The average molecular weight is 823 g/mol. The first kappa shape index (κ1) is 39.5. The van der Waals surface area contributed by atoms with E-state index in [1.54, 1.807) is 28.4 Å². The number of methoxy groups -OCH3 is 4. The Morgan fingerprint density at radius 1 is 0.339 bits per heavy atom. The fourth-order valence-electron chi connectivity index (χ4n) is 7.29. The summed E-state index contributed by atoms with van der Waals surface area (Å²) in [6.45, 7) is 0.484. The molecule has 308 valence electrons. The summed E-state index contributed by atoms with van der Waals surface area (Å²) in [5.41, 5.74) is 11.5. The maximum Gasteiger partial charge on any atom is 0.231 e. The van der Waals surface area contributed by atoms with E-state index < -0.39 is 0 Å². The number of rotatable bonds is 10. The van der Waals surface area contributed by atoms with Gasteiger partial charge in [-0.1, -0.05) is 48.5 Å². The van der Waals surface area contributed by atoms with E-state index in [1.807, 2.05) is 133 Å². The molecule has 0 N–H and O–H groups in total. The number of nitrogens with zero attached hydrogens (tertiary/aromatic N) is 2. The Bertz CT molecular complexity index is 2860. The van der Waals surface area contributed by atoms with Gasteiger partial charge in [0.05, 0.1) is 51.2 Å². The van der Waals surface area contributed by atoms with Crippen molar-refractivity contribution in [2.24, 2.45) is 0 Å². The molecule has 0 saturated carbocycles. The van der Waals surface area contributed by atoms with Crippen molar-refractivity contribution in [3.63, 3.8) is 0 Å². The first-order valence-electron chi connectivity index (χ1n) is 19.9. The van der Waals surface area contributed by atoms with Crippen molar-refractivity contribution >= 4 is 0 Å². The molecule has 0 unspecified atom stereocenters. The minimum absolute atomic E-state index is 0.241. The van der Waals surface area contributed by atoms with Gasteiger partial charge in [0.25, 0.3) is 0 Å². The van der Waals surface area contributed by atoms with Crippen molar-refractivity contribution in [2.75, 3.05) is 42.0 Å². The Morgan fingerprint density at radius 2 is 0.790 bits per heavy atom. The van der Waals surface area contributed by atoms with Gasteiger partial charge in [0.1, 0.15) is 23.0 Å². The molecule has 0 bridgehead atoms. The second kappa shape index (κ2) is 17.7. The lowest BCUT2D eigenvalue weighted by molar-refractivity contribution is 0.173. The highest BCUT2D eigenvalue weighted by Gasteiger charge is 2.18. The molecule has 0 radical (unpaired) electrons. The number of aromatic nitrogens is 2. The molecule has 2 aliphatic heterocycles. The van der Waals surface area contributed by atoms with Crippen LogP contribution in [0.3, 0.4) is 0 Å². The summed E-state index contributed by atoms with van der Waals surface area (Å²) in [4.78, 5) is 9.92. The van der Waals surface area contributed by atoms with Crippen LogP contribution in [0.4, 0.5) is 0 Å². The van der Waals surface area contributed by atoms with E-state index in [4.69, 9.17) is 47.9 Å². The van der Waals surface area contributed by atoms with E-state index in [0.717, 1.165) is 113 Å². The SMILES string of the molecule is COc1ccc(-c2cc(-c3ccc4c(c3)OCO4)nc(-c3ccccc3OC)c2)cc1.COc1ccc(-c2cc(-c3cccc(OC)c3)nc(-c3ccc4c(c3)OCO4)c2)cc1. The molecule has 4 heterocycles. The van der Waals surface area contributed by atoms with Crippen LogP contribution in [0.25, 0.3) is 67.3 Å². The summed E-state index contributed by atoms with van der Waals surface area (Å²) in [6.07, 6.45) is 0. The van der Waals surface area contributed by atoms with Crippen LogP contribution in [0, 0.1) is 0 Å². The third-order valence-electron chi connectivity index (χ3n) is 10.6. The molecule has 0 atom stereocenters. The number of pyridine rings is 2. The first-order valence-corrected chi connectivity index (χ1v) is 19.9. The third kappa shape index (κ3) is 8.39. The highest BCUT2D eigenvalue weighted by atomic mass is 16.7. The van der Waals surface area contributed by atoms with Crippen molar-refractivity contribution in [1.29, 1.82) is 0 Å². The van der Waals surface area contributed by atoms with E-state index in [0.29, 0.717) is 0 Å². The summed E-state index contributed by atoms with van der Waals surface area (Å²) in [5.74, 6) is 6.17. The van der Waals surface area contributed by atoms with Crippen LogP contribution in [-0.2, 0) is 0 Å². The molecular weight excluding hydrogens is 781 g/mol. The van der Waals surface area contributed by atoms with Crippen molar-refractivity contribution in [3.05, 3.63) is 158 Å². The van der Waals surface area contributed by atoms with Crippen LogP contribution in [0.1, 0.15) is 0 Å². The largest absolute Gasteiger partial charge is 0.497 e. The number of hydrogen-bond donors (Lipinski definition) is 0. The molecule has 0 saturated heterocycles. The number of fused-ring (bicyclic) bond motifs is 2. The number of ether oxygens (including phenoxy) is 8. The van der Waals surface area contributed by atoms with Crippen LogP contribution >= 0.6 is 0 Å². The second-order valence-corrected chi connectivity index (χ2v) is 14.3. The summed E-state index contributed by atoms with van der Waals surface area (Å²) >= 11 is 0. The number of hydrogen-bond acceptors (Lipinski definition) is 10. The van der Waals surface area contributed by atoms with Crippen LogP contribution in [-0.4, -0.2) is 52.0 Å². The van der Waals surface area contributed by atoms with Crippen molar-refractivity contribution in [1.82, 2.24) is 9.97 Å². The highest BCUT2D eigenvalue weighted by Crippen LogP contribution is 2.40. The molecule has 2 aromatic heterocycles. The van der Waals surface area contributed by atoms with Gasteiger partial charge in [-0.2, -0.15) is 0 Å². The molecule has 10 heteroatoms. The maximum atomic E-state index is 5.59. The minimum Gasteiger partial charge on any atom is -0.497 e. The summed E-state index contributed by atoms with van der Waals surface area (Å²) in [7, 11) is 6.67. The van der Waals surface area contributed by atoms with E-state index >= 15 is 0 Å². The average Bonchev–Trinajstić information content (AvgIpc) is 4.03. The molecular formula is C52H42N2O8. The van der Waals surface area contributed by atoms with Crippen molar-refractivity contribution in [2.45, 2.75) is 0 Å².